The number of carboxylic acids is 1. The van der Waals surface area contributed by atoms with Crippen LogP contribution in [-0.4, -0.2) is 21.3 Å². The maximum Gasteiger partial charge on any atom is 0.303 e. The Labute approximate surface area is 79.4 Å². The molecular formula is C7H9N5O2. The van der Waals surface area contributed by atoms with Gasteiger partial charge in [-0.05, 0) is 11.6 Å². The molecule has 0 radical (unpaired) electrons. The van der Waals surface area contributed by atoms with Crippen molar-refractivity contribution in [1.82, 2.24) is 10.2 Å². The van der Waals surface area contributed by atoms with Gasteiger partial charge < -0.3 is 5.11 Å². The van der Waals surface area contributed by atoms with E-state index in [1.54, 1.807) is 6.07 Å². The van der Waals surface area contributed by atoms with Gasteiger partial charge in [0.15, 0.2) is 0 Å². The minimum Gasteiger partial charge on any atom is -0.481 e. The molecule has 2 N–H and O–H groups in total. The molecule has 0 aliphatic heterocycles. The number of H-pyrrole nitrogens is 1. The fourth-order valence-corrected chi connectivity index (χ4v) is 0.961. The molecule has 0 atom stereocenters. The van der Waals surface area contributed by atoms with Crippen molar-refractivity contribution in [3.05, 3.63) is 27.9 Å². The van der Waals surface area contributed by atoms with Crippen molar-refractivity contribution in [3.63, 3.8) is 0 Å². The van der Waals surface area contributed by atoms with Gasteiger partial charge >= 0.3 is 5.97 Å². The zero-order chi connectivity index (χ0) is 10.4. The van der Waals surface area contributed by atoms with Gasteiger partial charge in [0, 0.05) is 17.0 Å². The van der Waals surface area contributed by atoms with Crippen molar-refractivity contribution in [3.8, 4) is 0 Å². The molecule has 0 fully saturated rings. The zero-order valence-corrected chi connectivity index (χ0v) is 7.34. The van der Waals surface area contributed by atoms with E-state index >= 15 is 0 Å². The number of hydrogen-bond donors (Lipinski definition) is 2. The van der Waals surface area contributed by atoms with Gasteiger partial charge in [0.05, 0.1) is 18.7 Å². The number of carboxylic acid groups (broad SMARTS) is 1. The Balaban J connectivity index is 2.50. The Kier molecular flexibility index (Phi) is 3.51. The van der Waals surface area contributed by atoms with Gasteiger partial charge in [0.2, 0.25) is 0 Å². The average molecular weight is 195 g/mol. The number of rotatable bonds is 5. The largest absolute Gasteiger partial charge is 0.481 e. The molecule has 0 unspecified atom stereocenters. The highest BCUT2D eigenvalue weighted by molar-refractivity contribution is 5.66. The van der Waals surface area contributed by atoms with E-state index in [1.807, 2.05) is 0 Å². The van der Waals surface area contributed by atoms with Crippen LogP contribution in [0.5, 0.6) is 0 Å². The minimum absolute atomic E-state index is 0.0474. The van der Waals surface area contributed by atoms with Gasteiger partial charge in [-0.3, -0.25) is 9.89 Å². The number of nitrogens with zero attached hydrogens (tertiary/aromatic N) is 4. The first-order valence-electron chi connectivity index (χ1n) is 3.98. The molecule has 1 aromatic rings. The van der Waals surface area contributed by atoms with Crippen LogP contribution in [0.2, 0.25) is 0 Å². The highest BCUT2D eigenvalue weighted by atomic mass is 16.4. The summed E-state index contributed by atoms with van der Waals surface area (Å²) in [5.74, 6) is -0.857. The monoisotopic (exact) mass is 195 g/mol. The van der Waals surface area contributed by atoms with Crippen LogP contribution in [0.25, 0.3) is 10.4 Å². The second-order valence-corrected chi connectivity index (χ2v) is 2.67. The molecule has 0 bridgehead atoms. The lowest BCUT2D eigenvalue weighted by atomic mass is 10.2. The van der Waals surface area contributed by atoms with E-state index in [0.29, 0.717) is 17.8 Å². The highest BCUT2D eigenvalue weighted by Crippen LogP contribution is 2.03. The van der Waals surface area contributed by atoms with Crippen LogP contribution in [0.3, 0.4) is 0 Å². The Bertz CT molecular complexity index is 366. The summed E-state index contributed by atoms with van der Waals surface area (Å²) in [6.07, 6.45) is 0.425. The van der Waals surface area contributed by atoms with Crippen molar-refractivity contribution >= 4 is 5.97 Å². The smallest absolute Gasteiger partial charge is 0.303 e. The second kappa shape index (κ2) is 4.88. The van der Waals surface area contributed by atoms with E-state index in [-0.39, 0.29) is 13.0 Å². The zero-order valence-electron chi connectivity index (χ0n) is 7.34. The Morgan fingerprint density at radius 3 is 3.21 bits per heavy atom. The summed E-state index contributed by atoms with van der Waals surface area (Å²) in [6, 6.07) is 1.69. The van der Waals surface area contributed by atoms with E-state index in [4.69, 9.17) is 10.6 Å². The van der Waals surface area contributed by atoms with Crippen LogP contribution in [0.1, 0.15) is 17.8 Å². The lowest BCUT2D eigenvalue weighted by molar-refractivity contribution is -0.136. The maximum absolute atomic E-state index is 10.2. The van der Waals surface area contributed by atoms with Crippen molar-refractivity contribution in [2.75, 3.05) is 0 Å². The molecule has 0 aliphatic carbocycles. The van der Waals surface area contributed by atoms with Crippen molar-refractivity contribution in [2.45, 2.75) is 19.4 Å². The molecule has 0 amide bonds. The van der Waals surface area contributed by atoms with Crippen molar-refractivity contribution in [2.24, 2.45) is 5.11 Å². The third kappa shape index (κ3) is 3.16. The van der Waals surface area contributed by atoms with Crippen LogP contribution in [-0.2, 0) is 17.8 Å². The topological polar surface area (TPSA) is 115 Å². The number of aliphatic carboxylic acids is 1. The van der Waals surface area contributed by atoms with Crippen LogP contribution in [0, 0.1) is 0 Å². The minimum atomic E-state index is -0.857. The molecule has 1 aromatic heterocycles. The van der Waals surface area contributed by atoms with Gasteiger partial charge in [0.25, 0.3) is 0 Å². The molecule has 14 heavy (non-hydrogen) atoms. The molecule has 7 heteroatoms. The Hall–Kier alpha value is -2.01. The SMILES string of the molecule is [N-]=[N+]=NCc1cc(CCC(=O)O)n[nH]1. The number of nitrogens with one attached hydrogen (secondary N) is 1. The number of aryl methyl sites for hydroxylation is 1. The van der Waals surface area contributed by atoms with Gasteiger partial charge in [0.1, 0.15) is 0 Å². The van der Waals surface area contributed by atoms with Gasteiger partial charge in [-0.25, -0.2) is 0 Å². The summed E-state index contributed by atoms with van der Waals surface area (Å²) >= 11 is 0. The number of azide groups is 1. The molecule has 1 heterocycles. The van der Waals surface area contributed by atoms with Crippen molar-refractivity contribution < 1.29 is 9.90 Å². The summed E-state index contributed by atoms with van der Waals surface area (Å²) in [7, 11) is 0. The third-order valence-electron chi connectivity index (χ3n) is 1.58. The predicted octanol–water partition coefficient (Wildman–Crippen LogP) is 1.24. The molecule has 1 rings (SSSR count). The lowest BCUT2D eigenvalue weighted by Gasteiger charge is -1.88. The molecule has 74 valence electrons. The van der Waals surface area contributed by atoms with Gasteiger partial charge in [-0.1, -0.05) is 5.11 Å². The quantitative estimate of drug-likeness (QED) is 0.418. The van der Waals surface area contributed by atoms with Crippen molar-refractivity contribution in [1.29, 1.82) is 0 Å². The van der Waals surface area contributed by atoms with Gasteiger partial charge in [-0.15, -0.1) is 0 Å². The standard InChI is InChI=1S/C7H9N5O2/c8-12-9-4-6-3-5(10-11-6)1-2-7(13)14/h3H,1-2,4H2,(H,10,11)(H,13,14). The highest BCUT2D eigenvalue weighted by Gasteiger charge is 2.03. The number of hydrogen-bond acceptors (Lipinski definition) is 3. The fraction of sp³-hybridized carbons (Fsp3) is 0.429. The molecule has 7 nitrogen and oxygen atoms in total. The lowest BCUT2D eigenvalue weighted by Crippen LogP contribution is -1.97. The molecule has 0 aromatic carbocycles. The average Bonchev–Trinajstić information content (AvgIpc) is 2.59. The molecule has 0 spiro atoms. The molecular weight excluding hydrogens is 186 g/mol. The summed E-state index contributed by atoms with van der Waals surface area (Å²) in [6.45, 7) is 0.205. The van der Waals surface area contributed by atoms with Crippen LogP contribution in [0.15, 0.2) is 11.2 Å². The first-order valence-corrected chi connectivity index (χ1v) is 3.98. The molecule has 0 aliphatic rings. The van der Waals surface area contributed by atoms with Crippen LogP contribution in [0.4, 0.5) is 0 Å². The summed E-state index contributed by atoms with van der Waals surface area (Å²) in [4.78, 5) is 12.8. The van der Waals surface area contributed by atoms with Crippen LogP contribution < -0.4 is 0 Å². The summed E-state index contributed by atoms with van der Waals surface area (Å²) < 4.78 is 0. The second-order valence-electron chi connectivity index (χ2n) is 2.67. The number of aromatic nitrogens is 2. The van der Waals surface area contributed by atoms with Gasteiger partial charge in [-0.2, -0.15) is 5.10 Å². The van der Waals surface area contributed by atoms with E-state index in [9.17, 15) is 4.79 Å². The molecule has 0 saturated heterocycles. The van der Waals surface area contributed by atoms with Crippen LogP contribution >= 0.6 is 0 Å². The fourth-order valence-electron chi connectivity index (χ4n) is 0.961. The normalized spacial score (nSPS) is 9.43. The summed E-state index contributed by atoms with van der Waals surface area (Å²) in [5.41, 5.74) is 9.40. The first kappa shape index (κ1) is 10.1. The van der Waals surface area contributed by atoms with E-state index < -0.39 is 5.97 Å². The summed E-state index contributed by atoms with van der Waals surface area (Å²) in [5, 5.41) is 18.3. The Morgan fingerprint density at radius 1 is 1.79 bits per heavy atom. The maximum atomic E-state index is 10.2. The number of carbonyl (C=O) groups is 1. The first-order chi connectivity index (χ1) is 6.72. The van der Waals surface area contributed by atoms with E-state index in [1.165, 1.54) is 0 Å². The molecule has 0 saturated carbocycles. The third-order valence-corrected chi connectivity index (χ3v) is 1.58. The predicted molar refractivity (Wildman–Crippen MR) is 47.4 cm³/mol. The van der Waals surface area contributed by atoms with E-state index in [2.05, 4.69) is 20.2 Å². The Morgan fingerprint density at radius 2 is 2.57 bits per heavy atom. The number of aromatic amines is 1. The van der Waals surface area contributed by atoms with E-state index in [0.717, 1.165) is 0 Å².